The smallest absolute Gasteiger partial charge is 0.417 e. The van der Waals surface area contributed by atoms with Crippen LogP contribution in [0.3, 0.4) is 0 Å². The van der Waals surface area contributed by atoms with Crippen molar-refractivity contribution in [1.29, 1.82) is 0 Å². The molecule has 0 aliphatic carbocycles. The first-order valence-electron chi connectivity index (χ1n) is 8.37. The number of hydrogen-bond donors (Lipinski definition) is 1. The average molecular weight is 418 g/mol. The Labute approximate surface area is 158 Å². The molecular weight excluding hydrogens is 401 g/mol. The number of fused-ring (bicyclic) bond motifs is 1. The van der Waals surface area contributed by atoms with Gasteiger partial charge in [0.05, 0.1) is 21.9 Å². The van der Waals surface area contributed by atoms with E-state index in [0.29, 0.717) is 6.07 Å². The molecule has 1 saturated heterocycles. The van der Waals surface area contributed by atoms with E-state index in [2.05, 4.69) is 0 Å². The van der Waals surface area contributed by atoms with Crippen LogP contribution in [0.4, 0.5) is 13.2 Å². The van der Waals surface area contributed by atoms with E-state index in [9.17, 15) is 31.2 Å². The molecule has 0 unspecified atom stereocenters. The summed E-state index contributed by atoms with van der Waals surface area (Å²) in [5, 5.41) is 8.62. The maximum absolute atomic E-state index is 13.4. The van der Waals surface area contributed by atoms with E-state index in [1.54, 1.807) is 0 Å². The number of alkyl halides is 3. The third-order valence-corrected chi connectivity index (χ3v) is 6.86. The molecule has 1 N–H and O–H groups in total. The molecule has 1 aromatic carbocycles. The molecule has 152 valence electrons. The van der Waals surface area contributed by atoms with E-state index in [0.717, 1.165) is 21.0 Å². The summed E-state index contributed by atoms with van der Waals surface area (Å²) < 4.78 is 67.9. The van der Waals surface area contributed by atoms with E-state index in [4.69, 9.17) is 5.11 Å². The number of carboxylic acid groups (broad SMARTS) is 1. The molecule has 1 fully saturated rings. The predicted molar refractivity (Wildman–Crippen MR) is 93.3 cm³/mol. The second-order valence-corrected chi connectivity index (χ2v) is 8.59. The zero-order valence-corrected chi connectivity index (χ0v) is 15.5. The molecule has 0 amide bonds. The van der Waals surface area contributed by atoms with E-state index < -0.39 is 44.6 Å². The lowest BCUT2D eigenvalue weighted by molar-refractivity contribution is -0.143. The molecule has 1 aliphatic heterocycles. The van der Waals surface area contributed by atoms with Crippen molar-refractivity contribution in [2.24, 2.45) is 13.0 Å². The number of nitrogens with zero attached hydrogens (tertiary/aromatic N) is 2. The third-order valence-electron chi connectivity index (χ3n) is 4.96. The van der Waals surface area contributed by atoms with Crippen molar-refractivity contribution < 1.29 is 31.5 Å². The summed E-state index contributed by atoms with van der Waals surface area (Å²) in [6, 6.07) is 3.68. The Hall–Kier alpha value is -2.40. The molecule has 7 nitrogen and oxygen atoms in total. The number of piperidine rings is 1. The van der Waals surface area contributed by atoms with Crippen LogP contribution in [-0.4, -0.2) is 41.5 Å². The Kier molecular flexibility index (Phi) is 5.00. The highest BCUT2D eigenvalue weighted by atomic mass is 32.2. The maximum Gasteiger partial charge on any atom is 0.417 e. The minimum atomic E-state index is -4.83. The summed E-state index contributed by atoms with van der Waals surface area (Å²) >= 11 is 0. The zero-order chi connectivity index (χ0) is 20.9. The van der Waals surface area contributed by atoms with Crippen LogP contribution < -0.4 is 5.56 Å². The van der Waals surface area contributed by atoms with E-state index in [1.807, 2.05) is 0 Å². The minimum Gasteiger partial charge on any atom is -0.481 e. The van der Waals surface area contributed by atoms with Gasteiger partial charge < -0.3 is 9.67 Å². The molecule has 2 aromatic rings. The van der Waals surface area contributed by atoms with Gasteiger partial charge in [-0.15, -0.1) is 0 Å². The van der Waals surface area contributed by atoms with Crippen LogP contribution in [0.1, 0.15) is 18.4 Å². The third kappa shape index (κ3) is 3.51. The molecule has 11 heteroatoms. The number of pyridine rings is 1. The van der Waals surface area contributed by atoms with Crippen molar-refractivity contribution in [3.63, 3.8) is 0 Å². The Balaban J connectivity index is 2.08. The lowest BCUT2D eigenvalue weighted by Gasteiger charge is -2.29. The molecule has 0 bridgehead atoms. The van der Waals surface area contributed by atoms with Gasteiger partial charge in [-0.3, -0.25) is 9.59 Å². The topological polar surface area (TPSA) is 96.7 Å². The van der Waals surface area contributed by atoms with Crippen LogP contribution >= 0.6 is 0 Å². The second kappa shape index (κ2) is 6.89. The molecule has 0 spiro atoms. The SMILES string of the molecule is Cn1c(=O)cc(C(F)(F)F)c2cc(S(=O)(=O)N3CCC(C(=O)O)CC3)ccc21. The van der Waals surface area contributed by atoms with Gasteiger partial charge in [0.2, 0.25) is 10.0 Å². The molecule has 3 rings (SSSR count). The number of carboxylic acids is 1. The fourth-order valence-corrected chi connectivity index (χ4v) is 4.82. The highest BCUT2D eigenvalue weighted by Gasteiger charge is 2.35. The molecule has 0 atom stereocenters. The number of aromatic nitrogens is 1. The van der Waals surface area contributed by atoms with E-state index in [-0.39, 0.29) is 36.3 Å². The van der Waals surface area contributed by atoms with Crippen molar-refractivity contribution in [2.75, 3.05) is 13.1 Å². The van der Waals surface area contributed by atoms with Gasteiger partial charge in [0.1, 0.15) is 0 Å². The number of aryl methyl sites for hydroxylation is 1. The quantitative estimate of drug-likeness (QED) is 0.823. The van der Waals surface area contributed by atoms with Crippen LogP contribution in [0, 0.1) is 5.92 Å². The summed E-state index contributed by atoms with van der Waals surface area (Å²) in [4.78, 5) is 22.5. The molecular formula is C17H17F3N2O5S. The average Bonchev–Trinajstić information content (AvgIpc) is 2.63. The number of halogens is 3. The first-order valence-corrected chi connectivity index (χ1v) is 9.81. The van der Waals surface area contributed by atoms with E-state index in [1.165, 1.54) is 13.1 Å². The number of benzene rings is 1. The zero-order valence-electron chi connectivity index (χ0n) is 14.7. The summed E-state index contributed by atoms with van der Waals surface area (Å²) in [6.45, 7) is -0.0620. The monoisotopic (exact) mass is 418 g/mol. The van der Waals surface area contributed by atoms with Crippen molar-refractivity contribution in [3.8, 4) is 0 Å². The van der Waals surface area contributed by atoms with Gasteiger partial charge in [-0.05, 0) is 31.0 Å². The van der Waals surface area contributed by atoms with Crippen LogP contribution in [0.2, 0.25) is 0 Å². The van der Waals surface area contributed by atoms with Gasteiger partial charge in [-0.25, -0.2) is 8.42 Å². The van der Waals surface area contributed by atoms with Crippen molar-refractivity contribution in [1.82, 2.24) is 8.87 Å². The summed E-state index contributed by atoms with van der Waals surface area (Å²) in [6.07, 6.45) is -4.57. The minimum absolute atomic E-state index is 0.0310. The molecule has 1 aliphatic rings. The van der Waals surface area contributed by atoms with E-state index >= 15 is 0 Å². The van der Waals surface area contributed by atoms with Crippen molar-refractivity contribution in [3.05, 3.63) is 40.2 Å². The molecule has 0 saturated carbocycles. The van der Waals surface area contributed by atoms with Crippen molar-refractivity contribution >= 4 is 26.9 Å². The van der Waals surface area contributed by atoms with Gasteiger partial charge in [0, 0.05) is 31.6 Å². The molecule has 0 radical (unpaired) electrons. The number of hydrogen-bond acceptors (Lipinski definition) is 4. The van der Waals surface area contributed by atoms with Gasteiger partial charge in [-0.2, -0.15) is 17.5 Å². The van der Waals surface area contributed by atoms with Crippen LogP contribution in [-0.2, 0) is 28.0 Å². The lowest BCUT2D eigenvalue weighted by atomic mass is 9.99. The number of sulfonamides is 1. The lowest BCUT2D eigenvalue weighted by Crippen LogP contribution is -2.40. The fourth-order valence-electron chi connectivity index (χ4n) is 3.33. The Bertz CT molecular complexity index is 1100. The summed E-state index contributed by atoms with van der Waals surface area (Å²) in [5.74, 6) is -1.65. The normalized spacial score (nSPS) is 17.1. The largest absolute Gasteiger partial charge is 0.481 e. The standard InChI is InChI=1S/C17H17F3N2O5S/c1-21-14-3-2-11(8-12(14)13(9-15(21)23)17(18,19)20)28(26,27)22-6-4-10(5-7-22)16(24)25/h2-3,8-10H,4-7H2,1H3,(H,24,25). The van der Waals surface area contributed by atoms with Crippen LogP contribution in [0.25, 0.3) is 10.9 Å². The Morgan fingerprint density at radius 2 is 1.79 bits per heavy atom. The first kappa shape index (κ1) is 20.3. The second-order valence-electron chi connectivity index (χ2n) is 6.65. The Morgan fingerprint density at radius 1 is 1.18 bits per heavy atom. The highest BCUT2D eigenvalue weighted by molar-refractivity contribution is 7.89. The highest BCUT2D eigenvalue weighted by Crippen LogP contribution is 2.35. The van der Waals surface area contributed by atoms with Gasteiger partial charge in [0.15, 0.2) is 0 Å². The van der Waals surface area contributed by atoms with Crippen LogP contribution in [0.15, 0.2) is 34.0 Å². The summed E-state index contributed by atoms with van der Waals surface area (Å²) in [5.41, 5.74) is -2.10. The first-order chi connectivity index (χ1) is 12.9. The van der Waals surface area contributed by atoms with Gasteiger partial charge in [-0.1, -0.05) is 0 Å². The maximum atomic E-state index is 13.4. The van der Waals surface area contributed by atoms with Crippen LogP contribution in [0.5, 0.6) is 0 Å². The molecule has 2 heterocycles. The molecule has 28 heavy (non-hydrogen) atoms. The van der Waals surface area contributed by atoms with Gasteiger partial charge >= 0.3 is 12.1 Å². The Morgan fingerprint density at radius 3 is 2.32 bits per heavy atom. The number of carbonyl (C=O) groups is 1. The van der Waals surface area contributed by atoms with Gasteiger partial charge in [0.25, 0.3) is 5.56 Å². The number of rotatable bonds is 3. The molecule has 1 aromatic heterocycles. The van der Waals surface area contributed by atoms with Crippen molar-refractivity contribution in [2.45, 2.75) is 23.9 Å². The summed E-state index contributed by atoms with van der Waals surface area (Å²) in [7, 11) is -2.80. The number of aliphatic carboxylic acids is 1. The predicted octanol–water partition coefficient (Wildman–Crippen LogP) is 2.04. The fraction of sp³-hybridized carbons (Fsp3) is 0.412.